The van der Waals surface area contributed by atoms with E-state index in [1.54, 1.807) is 37.4 Å². The summed E-state index contributed by atoms with van der Waals surface area (Å²) in [5, 5.41) is 13.0. The Morgan fingerprint density at radius 2 is 1.86 bits per heavy atom. The summed E-state index contributed by atoms with van der Waals surface area (Å²) in [4.78, 5) is 24.6. The van der Waals surface area contributed by atoms with Crippen LogP contribution in [0.2, 0.25) is 0 Å². The first-order valence-corrected chi connectivity index (χ1v) is 8.47. The van der Waals surface area contributed by atoms with Crippen LogP contribution in [0.3, 0.4) is 0 Å². The van der Waals surface area contributed by atoms with Gasteiger partial charge >= 0.3 is 0 Å². The van der Waals surface area contributed by atoms with E-state index in [1.807, 2.05) is 25.1 Å². The zero-order valence-corrected chi connectivity index (χ0v) is 15.5. The molecule has 3 rings (SSSR count). The van der Waals surface area contributed by atoms with Crippen LogP contribution in [0, 0.1) is 6.92 Å². The average molecular weight is 380 g/mol. The average Bonchev–Trinajstić information content (AvgIpc) is 3.03. The summed E-state index contributed by atoms with van der Waals surface area (Å²) >= 11 is 0. The van der Waals surface area contributed by atoms with Crippen molar-refractivity contribution in [3.63, 3.8) is 0 Å². The number of nitrogens with one attached hydrogen (secondary N) is 2. The molecule has 3 aromatic rings. The summed E-state index contributed by atoms with van der Waals surface area (Å²) in [6.07, 6.45) is 0. The summed E-state index contributed by atoms with van der Waals surface area (Å²) in [5.41, 5.74) is 8.13. The topological polar surface area (TPSA) is 124 Å². The highest BCUT2D eigenvalue weighted by atomic mass is 16.5. The molecule has 0 atom stereocenters. The van der Waals surface area contributed by atoms with Crippen molar-refractivity contribution >= 4 is 29.0 Å². The number of ether oxygens (including phenoxy) is 1. The minimum absolute atomic E-state index is 0.00929. The highest BCUT2D eigenvalue weighted by Crippen LogP contribution is 2.16. The third kappa shape index (κ3) is 4.44. The number of nitrogen functional groups attached to an aromatic ring is 1. The maximum atomic E-state index is 12.4. The Morgan fingerprint density at radius 3 is 2.54 bits per heavy atom. The summed E-state index contributed by atoms with van der Waals surface area (Å²) in [7, 11) is 1.56. The molecule has 0 spiro atoms. The van der Waals surface area contributed by atoms with E-state index >= 15 is 0 Å². The number of methoxy groups -OCH3 is 1. The van der Waals surface area contributed by atoms with Crippen molar-refractivity contribution in [1.82, 2.24) is 15.0 Å². The lowest BCUT2D eigenvalue weighted by atomic mass is 10.2. The molecular weight excluding hydrogens is 360 g/mol. The maximum absolute atomic E-state index is 12.4. The van der Waals surface area contributed by atoms with E-state index in [0.717, 1.165) is 5.56 Å². The van der Waals surface area contributed by atoms with Crippen LogP contribution in [0.1, 0.15) is 16.1 Å². The molecule has 0 saturated heterocycles. The zero-order valence-electron chi connectivity index (χ0n) is 15.5. The third-order valence-electron chi connectivity index (χ3n) is 3.93. The predicted molar refractivity (Wildman–Crippen MR) is 105 cm³/mol. The number of nitrogens with two attached hydrogens (primary N) is 1. The molecule has 4 N–H and O–H groups in total. The van der Waals surface area contributed by atoms with Crippen molar-refractivity contribution in [2.24, 2.45) is 0 Å². The Bertz CT molecular complexity index is 997. The number of amides is 2. The number of aromatic nitrogens is 3. The minimum Gasteiger partial charge on any atom is -0.497 e. The lowest BCUT2D eigenvalue weighted by molar-refractivity contribution is -0.116. The summed E-state index contributed by atoms with van der Waals surface area (Å²) in [6, 6.07) is 14.2. The van der Waals surface area contributed by atoms with Crippen LogP contribution in [0.15, 0.2) is 48.5 Å². The Kier molecular flexibility index (Phi) is 5.54. The van der Waals surface area contributed by atoms with Gasteiger partial charge in [0.15, 0.2) is 11.5 Å². The molecule has 0 bridgehead atoms. The molecule has 144 valence electrons. The number of anilines is 3. The Labute approximate surface area is 161 Å². The van der Waals surface area contributed by atoms with Crippen LogP contribution >= 0.6 is 0 Å². The number of nitrogens with zero attached hydrogens (tertiary/aromatic N) is 3. The van der Waals surface area contributed by atoms with Gasteiger partial charge in [-0.3, -0.25) is 9.59 Å². The monoisotopic (exact) mass is 380 g/mol. The first kappa shape index (κ1) is 18.9. The van der Waals surface area contributed by atoms with Crippen molar-refractivity contribution < 1.29 is 14.3 Å². The Balaban J connectivity index is 1.64. The molecule has 0 fully saturated rings. The van der Waals surface area contributed by atoms with Crippen LogP contribution in [-0.2, 0) is 11.3 Å². The second-order valence-electron chi connectivity index (χ2n) is 6.08. The number of carbonyl (C=O) groups is 2. The molecule has 2 amide bonds. The maximum Gasteiger partial charge on any atom is 0.280 e. The van der Waals surface area contributed by atoms with E-state index < -0.39 is 5.91 Å². The number of rotatable bonds is 6. The zero-order chi connectivity index (χ0) is 20.1. The van der Waals surface area contributed by atoms with Gasteiger partial charge < -0.3 is 21.1 Å². The fourth-order valence-corrected chi connectivity index (χ4v) is 2.52. The van der Waals surface area contributed by atoms with Crippen molar-refractivity contribution in [3.05, 3.63) is 59.8 Å². The molecule has 0 aliphatic rings. The second-order valence-corrected chi connectivity index (χ2v) is 6.08. The third-order valence-corrected chi connectivity index (χ3v) is 3.93. The van der Waals surface area contributed by atoms with E-state index in [2.05, 4.69) is 20.9 Å². The van der Waals surface area contributed by atoms with Gasteiger partial charge in [0.05, 0.1) is 7.11 Å². The summed E-state index contributed by atoms with van der Waals surface area (Å²) in [5.74, 6) is -0.157. The van der Waals surface area contributed by atoms with Gasteiger partial charge in [-0.2, -0.15) is 0 Å². The lowest BCUT2D eigenvalue weighted by Gasteiger charge is -2.07. The van der Waals surface area contributed by atoms with Gasteiger partial charge in [0.1, 0.15) is 12.3 Å². The molecule has 1 heterocycles. The van der Waals surface area contributed by atoms with Crippen LogP contribution in [0.5, 0.6) is 5.75 Å². The summed E-state index contributed by atoms with van der Waals surface area (Å²) in [6.45, 7) is 1.74. The fourth-order valence-electron chi connectivity index (χ4n) is 2.52. The molecule has 0 radical (unpaired) electrons. The van der Waals surface area contributed by atoms with Crippen LogP contribution in [0.25, 0.3) is 0 Å². The van der Waals surface area contributed by atoms with E-state index in [0.29, 0.717) is 17.1 Å². The van der Waals surface area contributed by atoms with E-state index in [9.17, 15) is 9.59 Å². The highest BCUT2D eigenvalue weighted by Gasteiger charge is 2.19. The Hall–Kier alpha value is -3.88. The Morgan fingerprint density at radius 1 is 1.11 bits per heavy atom. The standard InChI is InChI=1S/C19H20N6O3/c1-12-4-3-5-14(10-12)22-19(27)17-18(20)25(24-23-17)11-16(26)21-13-6-8-15(28-2)9-7-13/h3-10H,11,20H2,1-2H3,(H,21,26)(H,22,27). The largest absolute Gasteiger partial charge is 0.497 e. The molecule has 2 aromatic carbocycles. The number of aryl methyl sites for hydroxylation is 1. The first-order valence-electron chi connectivity index (χ1n) is 8.47. The highest BCUT2D eigenvalue weighted by molar-refractivity contribution is 6.05. The van der Waals surface area contributed by atoms with E-state index in [1.165, 1.54) is 4.68 Å². The number of hydrogen-bond donors (Lipinski definition) is 3. The van der Waals surface area contributed by atoms with Crippen molar-refractivity contribution in [1.29, 1.82) is 0 Å². The predicted octanol–water partition coefficient (Wildman–Crippen LogP) is 2.07. The molecule has 0 unspecified atom stereocenters. The summed E-state index contributed by atoms with van der Waals surface area (Å²) < 4.78 is 6.24. The van der Waals surface area contributed by atoms with Crippen LogP contribution in [-0.4, -0.2) is 33.9 Å². The smallest absolute Gasteiger partial charge is 0.280 e. The number of carbonyl (C=O) groups excluding carboxylic acids is 2. The van der Waals surface area contributed by atoms with Gasteiger partial charge in [0.2, 0.25) is 5.91 Å². The van der Waals surface area contributed by atoms with Crippen LogP contribution < -0.4 is 21.1 Å². The van der Waals surface area contributed by atoms with Gasteiger partial charge in [-0.05, 0) is 48.9 Å². The van der Waals surface area contributed by atoms with Gasteiger partial charge in [0.25, 0.3) is 5.91 Å². The van der Waals surface area contributed by atoms with Gasteiger partial charge in [-0.15, -0.1) is 5.10 Å². The lowest BCUT2D eigenvalue weighted by Crippen LogP contribution is -2.21. The molecule has 0 aliphatic heterocycles. The van der Waals surface area contributed by atoms with E-state index in [4.69, 9.17) is 10.5 Å². The molecule has 9 heteroatoms. The van der Waals surface area contributed by atoms with E-state index in [-0.39, 0.29) is 24.0 Å². The van der Waals surface area contributed by atoms with Gasteiger partial charge in [-0.1, -0.05) is 17.3 Å². The number of hydrogen-bond acceptors (Lipinski definition) is 6. The van der Waals surface area contributed by atoms with Gasteiger partial charge in [0, 0.05) is 11.4 Å². The molecular formula is C19H20N6O3. The molecule has 0 saturated carbocycles. The van der Waals surface area contributed by atoms with Gasteiger partial charge in [-0.25, -0.2) is 4.68 Å². The first-order chi connectivity index (χ1) is 13.5. The van der Waals surface area contributed by atoms with Crippen LogP contribution in [0.4, 0.5) is 17.2 Å². The SMILES string of the molecule is COc1ccc(NC(=O)Cn2nnc(C(=O)Nc3cccc(C)c3)c2N)cc1. The normalized spacial score (nSPS) is 10.4. The van der Waals surface area contributed by atoms with Crippen molar-refractivity contribution in [3.8, 4) is 5.75 Å². The fraction of sp³-hybridized carbons (Fsp3) is 0.158. The quantitative estimate of drug-likeness (QED) is 0.601. The van der Waals surface area contributed by atoms with Crippen molar-refractivity contribution in [2.75, 3.05) is 23.5 Å². The minimum atomic E-state index is -0.495. The molecule has 1 aromatic heterocycles. The molecule has 0 aliphatic carbocycles. The second kappa shape index (κ2) is 8.21. The van der Waals surface area contributed by atoms with Crippen molar-refractivity contribution in [2.45, 2.75) is 13.5 Å². The number of benzene rings is 2. The molecule has 9 nitrogen and oxygen atoms in total. The molecule has 28 heavy (non-hydrogen) atoms.